The van der Waals surface area contributed by atoms with Crippen LogP contribution in [-0.2, 0) is 5.60 Å². The summed E-state index contributed by atoms with van der Waals surface area (Å²) >= 11 is 6.56. The molecule has 2 nitrogen and oxygen atoms in total. The van der Waals surface area contributed by atoms with E-state index < -0.39 is 5.60 Å². The fourth-order valence-electron chi connectivity index (χ4n) is 3.90. The van der Waals surface area contributed by atoms with Gasteiger partial charge in [0, 0.05) is 22.2 Å². The topological polar surface area (TPSA) is 21.3 Å². The molecule has 0 saturated carbocycles. The Balaban J connectivity index is 2.01. The van der Waals surface area contributed by atoms with E-state index in [9.17, 15) is 0 Å². The second-order valence-corrected chi connectivity index (χ2v) is 8.46. The number of ether oxygens (including phenoxy) is 1. The summed E-state index contributed by atoms with van der Waals surface area (Å²) in [5.41, 5.74) is 2.50. The average molecular weight is 378 g/mol. The Hall–Kier alpha value is -2.29. The Morgan fingerprint density at radius 2 is 1.37 bits per heavy atom. The molecule has 0 spiro atoms. The minimum atomic E-state index is -0.691. The van der Waals surface area contributed by atoms with Gasteiger partial charge < -0.3 is 10.1 Å². The molecule has 3 heteroatoms. The molecule has 0 saturated heterocycles. The summed E-state index contributed by atoms with van der Waals surface area (Å²) in [6.45, 7) is 6.53. The van der Waals surface area contributed by atoms with Crippen molar-refractivity contribution in [3.05, 3.63) is 101 Å². The van der Waals surface area contributed by atoms with Crippen molar-refractivity contribution in [3.8, 4) is 5.75 Å². The van der Waals surface area contributed by atoms with Crippen molar-refractivity contribution in [2.45, 2.75) is 38.0 Å². The second-order valence-electron chi connectivity index (χ2n) is 8.06. The van der Waals surface area contributed by atoms with Crippen molar-refractivity contribution in [1.82, 2.24) is 5.32 Å². The fraction of sp³-hybridized carbons (Fsp3) is 0.250. The lowest BCUT2D eigenvalue weighted by molar-refractivity contribution is 0.0851. The first kappa shape index (κ1) is 18.1. The SMILES string of the molecule is CC(C)(C)N[C@@H]1c2cccc(Cl)c2OC1(c1ccccc1)c1ccccc1. The molecule has 0 aliphatic carbocycles. The Kier molecular flexibility index (Phi) is 4.49. The Morgan fingerprint density at radius 3 is 1.89 bits per heavy atom. The number of benzene rings is 3. The third kappa shape index (κ3) is 3.13. The summed E-state index contributed by atoms with van der Waals surface area (Å²) in [5, 5.41) is 4.45. The molecule has 1 heterocycles. The largest absolute Gasteiger partial charge is 0.474 e. The van der Waals surface area contributed by atoms with Crippen molar-refractivity contribution in [3.63, 3.8) is 0 Å². The van der Waals surface area contributed by atoms with Gasteiger partial charge in [-0.1, -0.05) is 84.4 Å². The number of rotatable bonds is 3. The van der Waals surface area contributed by atoms with Gasteiger partial charge >= 0.3 is 0 Å². The van der Waals surface area contributed by atoms with Crippen molar-refractivity contribution in [2.24, 2.45) is 0 Å². The van der Waals surface area contributed by atoms with Crippen LogP contribution in [0.2, 0.25) is 5.02 Å². The van der Waals surface area contributed by atoms with E-state index in [-0.39, 0.29) is 11.6 Å². The van der Waals surface area contributed by atoms with Crippen LogP contribution in [0, 0.1) is 0 Å². The van der Waals surface area contributed by atoms with Crippen molar-refractivity contribution in [1.29, 1.82) is 0 Å². The van der Waals surface area contributed by atoms with Crippen LogP contribution in [0.5, 0.6) is 5.75 Å². The molecule has 0 aromatic heterocycles. The zero-order valence-electron chi connectivity index (χ0n) is 15.9. The quantitative estimate of drug-likeness (QED) is 0.595. The van der Waals surface area contributed by atoms with Crippen LogP contribution in [-0.4, -0.2) is 5.54 Å². The van der Waals surface area contributed by atoms with Gasteiger partial charge in [0.15, 0.2) is 5.60 Å². The van der Waals surface area contributed by atoms with Crippen LogP contribution in [0.4, 0.5) is 0 Å². The molecule has 1 aliphatic heterocycles. The first-order valence-electron chi connectivity index (χ1n) is 9.28. The Bertz CT molecular complexity index is 892. The highest BCUT2D eigenvalue weighted by Crippen LogP contribution is 2.55. The predicted octanol–water partition coefficient (Wildman–Crippen LogP) is 6.11. The molecule has 3 aromatic carbocycles. The summed E-state index contributed by atoms with van der Waals surface area (Å²) < 4.78 is 6.76. The van der Waals surface area contributed by atoms with Crippen molar-refractivity contribution < 1.29 is 4.74 Å². The molecule has 0 bridgehead atoms. The van der Waals surface area contributed by atoms with Crippen molar-refractivity contribution >= 4 is 11.6 Å². The number of nitrogens with one attached hydrogen (secondary N) is 1. The first-order valence-corrected chi connectivity index (χ1v) is 9.66. The maximum Gasteiger partial charge on any atom is 0.179 e. The molecule has 3 aromatic rings. The van der Waals surface area contributed by atoms with E-state index in [0.29, 0.717) is 5.02 Å². The molecular formula is C24H24ClNO. The standard InChI is InChI=1S/C24H24ClNO/c1-23(2,3)26-22-19-15-10-16-20(25)21(19)27-24(22,17-11-6-4-7-12-17)18-13-8-5-9-14-18/h4-16,22,26H,1-3H3/t22-/m1/s1. The number of para-hydroxylation sites is 1. The number of halogens is 1. The van der Waals surface area contributed by atoms with Crippen molar-refractivity contribution in [2.75, 3.05) is 0 Å². The zero-order chi connectivity index (χ0) is 19.1. The van der Waals surface area contributed by atoms with E-state index in [0.717, 1.165) is 22.4 Å². The first-order chi connectivity index (χ1) is 12.9. The van der Waals surface area contributed by atoms with E-state index in [2.05, 4.69) is 80.7 Å². The molecule has 1 atom stereocenters. The van der Waals surface area contributed by atoms with Crippen LogP contribution in [0.3, 0.4) is 0 Å². The predicted molar refractivity (Wildman–Crippen MR) is 111 cm³/mol. The van der Waals surface area contributed by atoms with Gasteiger partial charge in [-0.05, 0) is 26.8 Å². The van der Waals surface area contributed by atoms with Gasteiger partial charge in [-0.15, -0.1) is 0 Å². The van der Waals surface area contributed by atoms with Gasteiger partial charge in [0.05, 0.1) is 11.1 Å². The molecule has 0 fully saturated rings. The third-order valence-corrected chi connectivity index (χ3v) is 5.26. The Labute approximate surface area is 166 Å². The molecule has 0 radical (unpaired) electrons. The molecule has 27 heavy (non-hydrogen) atoms. The normalized spacial score (nSPS) is 18.0. The number of hydrogen-bond donors (Lipinski definition) is 1. The maximum atomic E-state index is 6.76. The van der Waals surface area contributed by atoms with Gasteiger partial charge in [0.25, 0.3) is 0 Å². The highest BCUT2D eigenvalue weighted by molar-refractivity contribution is 6.32. The zero-order valence-corrected chi connectivity index (χ0v) is 16.6. The van der Waals surface area contributed by atoms with Gasteiger partial charge in [0.1, 0.15) is 5.75 Å². The summed E-state index contributed by atoms with van der Waals surface area (Å²) in [4.78, 5) is 0. The molecule has 138 valence electrons. The van der Waals surface area contributed by atoms with Crippen LogP contribution in [0.15, 0.2) is 78.9 Å². The summed E-state index contributed by atoms with van der Waals surface area (Å²) in [6, 6.07) is 26.7. The third-order valence-electron chi connectivity index (χ3n) is 4.96. The monoisotopic (exact) mass is 377 g/mol. The molecule has 0 amide bonds. The lowest BCUT2D eigenvalue weighted by atomic mass is 9.78. The second kappa shape index (κ2) is 6.70. The molecular weight excluding hydrogens is 354 g/mol. The summed E-state index contributed by atoms with van der Waals surface area (Å²) in [6.07, 6.45) is 0. The minimum Gasteiger partial charge on any atom is -0.474 e. The van der Waals surface area contributed by atoms with Gasteiger partial charge in [0.2, 0.25) is 0 Å². The van der Waals surface area contributed by atoms with E-state index in [1.807, 2.05) is 24.3 Å². The number of fused-ring (bicyclic) bond motifs is 1. The van der Waals surface area contributed by atoms with E-state index in [1.165, 1.54) is 0 Å². The highest BCUT2D eigenvalue weighted by Gasteiger charge is 2.52. The smallest absolute Gasteiger partial charge is 0.179 e. The lowest BCUT2D eigenvalue weighted by Crippen LogP contribution is -2.49. The van der Waals surface area contributed by atoms with Crippen LogP contribution in [0.1, 0.15) is 43.5 Å². The Morgan fingerprint density at radius 1 is 0.815 bits per heavy atom. The van der Waals surface area contributed by atoms with E-state index >= 15 is 0 Å². The van der Waals surface area contributed by atoms with Crippen LogP contribution < -0.4 is 10.1 Å². The average Bonchev–Trinajstić information content (AvgIpc) is 2.98. The molecule has 1 aliphatic rings. The molecule has 1 N–H and O–H groups in total. The fourth-order valence-corrected chi connectivity index (χ4v) is 4.12. The molecule has 0 unspecified atom stereocenters. The van der Waals surface area contributed by atoms with E-state index in [4.69, 9.17) is 16.3 Å². The van der Waals surface area contributed by atoms with Gasteiger partial charge in [-0.3, -0.25) is 0 Å². The number of hydrogen-bond acceptors (Lipinski definition) is 2. The minimum absolute atomic E-state index is 0.0731. The highest BCUT2D eigenvalue weighted by atomic mass is 35.5. The van der Waals surface area contributed by atoms with Crippen LogP contribution in [0.25, 0.3) is 0 Å². The van der Waals surface area contributed by atoms with Gasteiger partial charge in [-0.25, -0.2) is 0 Å². The molecule has 4 rings (SSSR count). The van der Waals surface area contributed by atoms with Crippen LogP contribution >= 0.6 is 11.6 Å². The van der Waals surface area contributed by atoms with Gasteiger partial charge in [-0.2, -0.15) is 0 Å². The maximum absolute atomic E-state index is 6.76. The summed E-state index contributed by atoms with van der Waals surface area (Å²) in [5.74, 6) is 0.758. The lowest BCUT2D eigenvalue weighted by Gasteiger charge is -2.39. The van der Waals surface area contributed by atoms with E-state index in [1.54, 1.807) is 0 Å². The summed E-state index contributed by atoms with van der Waals surface area (Å²) in [7, 11) is 0.